The Balaban J connectivity index is 2.53. The van der Waals surface area contributed by atoms with Crippen molar-refractivity contribution in [2.24, 2.45) is 0 Å². The second kappa shape index (κ2) is 4.19. The summed E-state index contributed by atoms with van der Waals surface area (Å²) in [6.07, 6.45) is 1.79. The first-order valence-corrected chi connectivity index (χ1v) is 4.22. The summed E-state index contributed by atoms with van der Waals surface area (Å²) in [6.45, 7) is -0.364. The molecule has 0 spiro atoms. The minimum Gasteiger partial charge on any atom is -0.297 e. The zero-order valence-electron chi connectivity index (χ0n) is 7.10. The number of nitrogens with zero attached hydrogens (tertiary/aromatic N) is 1. The lowest BCUT2D eigenvalue weighted by Crippen LogP contribution is -2.35. The van der Waals surface area contributed by atoms with E-state index in [0.717, 1.165) is 17.1 Å². The Labute approximate surface area is 85.2 Å². The third-order valence-electron chi connectivity index (χ3n) is 1.58. The van der Waals surface area contributed by atoms with Crippen LogP contribution in [-0.2, 0) is 19.2 Å². The molecule has 0 unspecified atom stereocenters. The fourth-order valence-corrected chi connectivity index (χ4v) is 1.16. The molecule has 2 amide bonds. The van der Waals surface area contributed by atoms with Crippen molar-refractivity contribution in [3.05, 3.63) is 12.2 Å². The lowest BCUT2D eigenvalue weighted by molar-refractivity contribution is -0.141. The van der Waals surface area contributed by atoms with E-state index in [1.807, 2.05) is 0 Å². The van der Waals surface area contributed by atoms with E-state index in [9.17, 15) is 19.2 Å². The van der Waals surface area contributed by atoms with Gasteiger partial charge in [0.05, 0.1) is 13.0 Å². The maximum atomic E-state index is 11.1. The number of ketones is 1. The molecule has 0 saturated heterocycles. The monoisotopic (exact) mass is 213 g/mol. The molecular formula is C8H7NO4S. The van der Waals surface area contributed by atoms with Gasteiger partial charge in [0, 0.05) is 12.2 Å². The summed E-state index contributed by atoms with van der Waals surface area (Å²) in [5, 5.41) is -0.581. The lowest BCUT2D eigenvalue weighted by Gasteiger charge is -2.11. The van der Waals surface area contributed by atoms with E-state index < -0.39 is 22.7 Å². The first kappa shape index (κ1) is 10.6. The number of imide groups is 1. The van der Waals surface area contributed by atoms with Gasteiger partial charge in [-0.2, -0.15) is 0 Å². The van der Waals surface area contributed by atoms with E-state index in [4.69, 9.17) is 0 Å². The molecule has 0 saturated carbocycles. The molecule has 0 N–H and O–H groups in total. The molecule has 1 rings (SSSR count). The summed E-state index contributed by atoms with van der Waals surface area (Å²) in [7, 11) is 0. The maximum absolute atomic E-state index is 11.1. The van der Waals surface area contributed by atoms with Gasteiger partial charge in [-0.1, -0.05) is 0 Å². The van der Waals surface area contributed by atoms with Gasteiger partial charge in [-0.05, 0) is 0 Å². The minimum atomic E-state index is -0.581. The average molecular weight is 213 g/mol. The fourth-order valence-electron chi connectivity index (χ4n) is 0.988. The van der Waals surface area contributed by atoms with Crippen molar-refractivity contribution in [2.75, 3.05) is 6.54 Å². The molecule has 1 aliphatic rings. The van der Waals surface area contributed by atoms with Gasteiger partial charge in [0.25, 0.3) is 11.8 Å². The summed E-state index contributed by atoms with van der Waals surface area (Å²) in [5.41, 5.74) is 0. The molecule has 5 nitrogen and oxygen atoms in total. The van der Waals surface area contributed by atoms with Gasteiger partial charge in [0.15, 0.2) is 10.9 Å². The first-order chi connectivity index (χ1) is 6.50. The Kier molecular flexibility index (Phi) is 3.19. The number of hydrogen-bond acceptors (Lipinski definition) is 4. The van der Waals surface area contributed by atoms with Crippen molar-refractivity contribution in [1.29, 1.82) is 0 Å². The van der Waals surface area contributed by atoms with E-state index in [0.29, 0.717) is 0 Å². The van der Waals surface area contributed by atoms with Crippen LogP contribution < -0.4 is 0 Å². The highest BCUT2D eigenvalue weighted by atomic mass is 32.1. The van der Waals surface area contributed by atoms with Crippen LogP contribution in [0, 0.1) is 0 Å². The third-order valence-corrected chi connectivity index (χ3v) is 1.74. The molecule has 14 heavy (non-hydrogen) atoms. The van der Waals surface area contributed by atoms with Crippen molar-refractivity contribution in [3.8, 4) is 0 Å². The number of Topliss-reactive ketones (excluding diaryl/α,β-unsaturated/α-hetero) is 1. The summed E-state index contributed by atoms with van der Waals surface area (Å²) in [6, 6.07) is 0. The smallest absolute Gasteiger partial charge is 0.254 e. The second-order valence-corrected chi connectivity index (χ2v) is 3.20. The SMILES string of the molecule is O=C(S)CC(=O)CN1C(=O)C=CC1=O. The fraction of sp³-hybridized carbons (Fsp3) is 0.250. The topological polar surface area (TPSA) is 71.5 Å². The van der Waals surface area contributed by atoms with Crippen LogP contribution >= 0.6 is 12.6 Å². The van der Waals surface area contributed by atoms with Crippen LogP contribution in [0.4, 0.5) is 0 Å². The minimum absolute atomic E-state index is 0.364. The summed E-state index contributed by atoms with van der Waals surface area (Å²) in [4.78, 5) is 44.2. The highest BCUT2D eigenvalue weighted by molar-refractivity contribution is 7.96. The molecule has 0 aromatic heterocycles. The largest absolute Gasteiger partial charge is 0.297 e. The van der Waals surface area contributed by atoms with E-state index >= 15 is 0 Å². The number of carbonyl (C=O) groups excluding carboxylic acids is 4. The zero-order valence-corrected chi connectivity index (χ0v) is 7.99. The Morgan fingerprint density at radius 2 is 1.71 bits per heavy atom. The highest BCUT2D eigenvalue weighted by Crippen LogP contribution is 2.04. The molecule has 0 fully saturated rings. The normalized spacial score (nSPS) is 15.1. The number of hydrogen-bond donors (Lipinski definition) is 1. The Morgan fingerprint density at radius 3 is 2.14 bits per heavy atom. The van der Waals surface area contributed by atoms with Crippen molar-refractivity contribution in [2.45, 2.75) is 6.42 Å². The maximum Gasteiger partial charge on any atom is 0.254 e. The standard InChI is InChI=1S/C8H7NO4S/c10-5(3-8(13)14)4-9-6(11)1-2-7(9)12/h1-2H,3-4H2,(H,13,14). The van der Waals surface area contributed by atoms with Crippen molar-refractivity contribution in [3.63, 3.8) is 0 Å². The van der Waals surface area contributed by atoms with Crippen LogP contribution in [-0.4, -0.2) is 34.2 Å². The third kappa shape index (κ3) is 2.53. The van der Waals surface area contributed by atoms with Gasteiger partial charge in [-0.15, -0.1) is 12.6 Å². The molecule has 0 bridgehead atoms. The van der Waals surface area contributed by atoms with Crippen LogP contribution in [0.25, 0.3) is 0 Å². The van der Waals surface area contributed by atoms with E-state index in [2.05, 4.69) is 12.6 Å². The molecule has 0 aromatic carbocycles. The molecule has 74 valence electrons. The summed E-state index contributed by atoms with van der Waals surface area (Å²) in [5.74, 6) is -1.57. The number of thiol groups is 1. The Bertz CT molecular complexity index is 329. The van der Waals surface area contributed by atoms with Crippen molar-refractivity contribution >= 4 is 35.3 Å². The zero-order chi connectivity index (χ0) is 10.7. The quantitative estimate of drug-likeness (QED) is 0.382. The van der Waals surface area contributed by atoms with E-state index in [-0.39, 0.29) is 13.0 Å². The lowest BCUT2D eigenvalue weighted by atomic mass is 10.3. The van der Waals surface area contributed by atoms with Crippen LogP contribution in [0.1, 0.15) is 6.42 Å². The molecule has 1 heterocycles. The van der Waals surface area contributed by atoms with Crippen LogP contribution in [0.15, 0.2) is 12.2 Å². The average Bonchev–Trinajstić information content (AvgIpc) is 2.34. The van der Waals surface area contributed by atoms with Gasteiger partial charge in [-0.25, -0.2) is 0 Å². The Morgan fingerprint density at radius 1 is 1.21 bits per heavy atom. The van der Waals surface area contributed by atoms with Gasteiger partial charge in [0.1, 0.15) is 0 Å². The van der Waals surface area contributed by atoms with Gasteiger partial charge >= 0.3 is 0 Å². The molecule has 1 aliphatic heterocycles. The van der Waals surface area contributed by atoms with Crippen molar-refractivity contribution in [1.82, 2.24) is 4.90 Å². The van der Waals surface area contributed by atoms with E-state index in [1.54, 1.807) is 0 Å². The van der Waals surface area contributed by atoms with E-state index in [1.165, 1.54) is 0 Å². The molecule has 0 aromatic rings. The number of amides is 2. The van der Waals surface area contributed by atoms with Crippen molar-refractivity contribution < 1.29 is 19.2 Å². The highest BCUT2D eigenvalue weighted by Gasteiger charge is 2.25. The van der Waals surface area contributed by atoms with Gasteiger partial charge < -0.3 is 0 Å². The summed E-state index contributed by atoms with van der Waals surface area (Å²) >= 11 is 3.42. The second-order valence-electron chi connectivity index (χ2n) is 2.71. The van der Waals surface area contributed by atoms with Gasteiger partial charge in [-0.3, -0.25) is 24.1 Å². The van der Waals surface area contributed by atoms with Crippen LogP contribution in [0.2, 0.25) is 0 Å². The molecular weight excluding hydrogens is 206 g/mol. The molecule has 0 radical (unpaired) electrons. The van der Waals surface area contributed by atoms with Gasteiger partial charge in [0.2, 0.25) is 0 Å². The van der Waals surface area contributed by atoms with Crippen LogP contribution in [0.3, 0.4) is 0 Å². The molecule has 0 aliphatic carbocycles. The van der Waals surface area contributed by atoms with Crippen LogP contribution in [0.5, 0.6) is 0 Å². The molecule has 6 heteroatoms. The molecule has 0 atom stereocenters. The Hall–Kier alpha value is -1.43. The predicted molar refractivity (Wildman–Crippen MR) is 49.5 cm³/mol. The number of rotatable bonds is 4. The predicted octanol–water partition coefficient (Wildman–Crippen LogP) is -0.673. The number of carbonyl (C=O) groups is 4. The first-order valence-electron chi connectivity index (χ1n) is 3.77. The summed E-state index contributed by atoms with van der Waals surface area (Å²) < 4.78 is 0.